The zero-order valence-corrected chi connectivity index (χ0v) is 15.6. The fourth-order valence-electron chi connectivity index (χ4n) is 2.46. The first-order valence-electron chi connectivity index (χ1n) is 8.16. The van der Waals surface area contributed by atoms with Crippen LogP contribution in [0.2, 0.25) is 5.02 Å². The number of thiazole rings is 1. The average molecular weight is 396 g/mol. The summed E-state index contributed by atoms with van der Waals surface area (Å²) < 4.78 is 0. The van der Waals surface area contributed by atoms with Gasteiger partial charge in [0, 0.05) is 22.5 Å². The summed E-state index contributed by atoms with van der Waals surface area (Å²) in [5.74, 6) is -0.343. The average Bonchev–Trinajstić information content (AvgIpc) is 3.34. The van der Waals surface area contributed by atoms with Crippen LogP contribution in [0.15, 0.2) is 67.0 Å². The zero-order valence-electron chi connectivity index (χ0n) is 14.0. The van der Waals surface area contributed by atoms with Crippen LogP contribution in [0.4, 0.5) is 5.13 Å². The Bertz CT molecular complexity index is 1060. The van der Waals surface area contributed by atoms with Gasteiger partial charge in [0.15, 0.2) is 10.8 Å². The molecule has 134 valence electrons. The van der Waals surface area contributed by atoms with E-state index in [4.69, 9.17) is 11.6 Å². The van der Waals surface area contributed by atoms with Crippen molar-refractivity contribution in [1.29, 1.82) is 0 Å². The molecule has 2 aromatic carbocycles. The Morgan fingerprint density at radius 3 is 2.63 bits per heavy atom. The van der Waals surface area contributed by atoms with E-state index in [1.807, 2.05) is 54.6 Å². The van der Waals surface area contributed by atoms with E-state index in [9.17, 15) is 4.79 Å². The summed E-state index contributed by atoms with van der Waals surface area (Å²) >= 11 is 7.33. The second-order valence-corrected chi connectivity index (χ2v) is 7.30. The Balaban J connectivity index is 1.42. The topological polar surface area (TPSA) is 72.7 Å². The van der Waals surface area contributed by atoms with Crippen molar-refractivity contribution >= 4 is 34.0 Å². The minimum absolute atomic E-state index is 0.230. The number of carbonyl (C=O) groups excluding carboxylic acids is 1. The van der Waals surface area contributed by atoms with E-state index in [1.165, 1.54) is 22.3 Å². The SMILES string of the molecule is O=C(Nc1ncc(Cc2ccc(Cl)cc2)s1)c1cnn(-c2ccccc2)n1. The van der Waals surface area contributed by atoms with Crippen LogP contribution < -0.4 is 5.32 Å². The second kappa shape index (κ2) is 7.69. The van der Waals surface area contributed by atoms with Crippen molar-refractivity contribution in [2.45, 2.75) is 6.42 Å². The number of nitrogens with one attached hydrogen (secondary N) is 1. The maximum atomic E-state index is 12.4. The fraction of sp³-hybridized carbons (Fsp3) is 0.0526. The van der Waals surface area contributed by atoms with Gasteiger partial charge in [0.25, 0.3) is 5.91 Å². The molecule has 4 rings (SSSR count). The Kier molecular flexibility index (Phi) is 4.95. The Labute approximate surface area is 164 Å². The summed E-state index contributed by atoms with van der Waals surface area (Å²) in [4.78, 5) is 19.1. The second-order valence-electron chi connectivity index (χ2n) is 5.74. The van der Waals surface area contributed by atoms with Gasteiger partial charge in [0.2, 0.25) is 0 Å². The lowest BCUT2D eigenvalue weighted by Crippen LogP contribution is -2.12. The number of hydrogen-bond acceptors (Lipinski definition) is 5. The number of amides is 1. The molecule has 0 atom stereocenters. The maximum Gasteiger partial charge on any atom is 0.279 e. The minimum atomic E-state index is -0.343. The van der Waals surface area contributed by atoms with Gasteiger partial charge in [0.05, 0.1) is 11.9 Å². The molecule has 0 aliphatic carbocycles. The van der Waals surface area contributed by atoms with Crippen LogP contribution in [0.5, 0.6) is 0 Å². The van der Waals surface area contributed by atoms with Crippen LogP contribution in [0.3, 0.4) is 0 Å². The fourth-order valence-corrected chi connectivity index (χ4v) is 3.43. The number of para-hydroxylation sites is 1. The molecule has 2 heterocycles. The predicted octanol–water partition coefficient (Wildman–Crippen LogP) is 4.22. The summed E-state index contributed by atoms with van der Waals surface area (Å²) in [6.45, 7) is 0. The molecule has 8 heteroatoms. The number of hydrogen-bond donors (Lipinski definition) is 1. The first-order valence-corrected chi connectivity index (χ1v) is 9.35. The lowest BCUT2D eigenvalue weighted by molar-refractivity contribution is 0.102. The van der Waals surface area contributed by atoms with Gasteiger partial charge >= 0.3 is 0 Å². The van der Waals surface area contributed by atoms with Crippen LogP contribution in [0.1, 0.15) is 20.9 Å². The molecule has 27 heavy (non-hydrogen) atoms. The largest absolute Gasteiger partial charge is 0.296 e. The number of carbonyl (C=O) groups is 1. The van der Waals surface area contributed by atoms with Crippen molar-refractivity contribution in [3.63, 3.8) is 0 Å². The quantitative estimate of drug-likeness (QED) is 0.549. The van der Waals surface area contributed by atoms with E-state index in [0.29, 0.717) is 10.2 Å². The van der Waals surface area contributed by atoms with Crippen LogP contribution >= 0.6 is 22.9 Å². The summed E-state index contributed by atoms with van der Waals surface area (Å²) in [5.41, 5.74) is 2.15. The van der Waals surface area contributed by atoms with E-state index in [-0.39, 0.29) is 11.6 Å². The smallest absolute Gasteiger partial charge is 0.279 e. The van der Waals surface area contributed by atoms with Gasteiger partial charge in [-0.2, -0.15) is 9.90 Å². The summed E-state index contributed by atoms with van der Waals surface area (Å²) in [7, 11) is 0. The van der Waals surface area contributed by atoms with Crippen molar-refractivity contribution in [1.82, 2.24) is 20.0 Å². The summed E-state index contributed by atoms with van der Waals surface area (Å²) in [6, 6.07) is 17.1. The number of halogens is 1. The van der Waals surface area contributed by atoms with Crippen molar-refractivity contribution < 1.29 is 4.79 Å². The van der Waals surface area contributed by atoms with Gasteiger partial charge in [-0.3, -0.25) is 10.1 Å². The van der Waals surface area contributed by atoms with Crippen molar-refractivity contribution in [2.75, 3.05) is 5.32 Å². The third kappa shape index (κ3) is 4.21. The van der Waals surface area contributed by atoms with Crippen LogP contribution in [0.25, 0.3) is 5.69 Å². The van der Waals surface area contributed by atoms with E-state index < -0.39 is 0 Å². The molecule has 2 aromatic heterocycles. The van der Waals surface area contributed by atoms with Crippen molar-refractivity contribution in [3.8, 4) is 5.69 Å². The molecule has 1 N–H and O–H groups in total. The molecule has 0 bridgehead atoms. The number of aromatic nitrogens is 4. The normalized spacial score (nSPS) is 10.7. The van der Waals surface area contributed by atoms with Gasteiger partial charge in [-0.1, -0.05) is 41.9 Å². The monoisotopic (exact) mass is 395 g/mol. The highest BCUT2D eigenvalue weighted by molar-refractivity contribution is 7.15. The summed E-state index contributed by atoms with van der Waals surface area (Å²) in [5, 5.41) is 12.4. The Morgan fingerprint density at radius 2 is 1.85 bits per heavy atom. The maximum absolute atomic E-state index is 12.4. The van der Waals surface area contributed by atoms with Crippen LogP contribution in [-0.2, 0) is 6.42 Å². The highest BCUT2D eigenvalue weighted by Crippen LogP contribution is 2.22. The molecular weight excluding hydrogens is 382 g/mol. The van der Waals surface area contributed by atoms with Gasteiger partial charge in [-0.25, -0.2) is 4.98 Å². The third-order valence-electron chi connectivity index (χ3n) is 3.78. The molecule has 0 spiro atoms. The predicted molar refractivity (Wildman–Crippen MR) is 106 cm³/mol. The molecule has 0 unspecified atom stereocenters. The zero-order chi connectivity index (χ0) is 18.6. The lowest BCUT2D eigenvalue weighted by atomic mass is 10.1. The van der Waals surface area contributed by atoms with E-state index in [0.717, 1.165) is 22.5 Å². The van der Waals surface area contributed by atoms with Crippen molar-refractivity contribution in [2.24, 2.45) is 0 Å². The molecule has 0 radical (unpaired) electrons. The Hall–Kier alpha value is -3.03. The van der Waals surface area contributed by atoms with Crippen LogP contribution in [-0.4, -0.2) is 25.9 Å². The molecule has 1 amide bonds. The number of anilines is 1. The third-order valence-corrected chi connectivity index (χ3v) is 4.94. The molecule has 0 fully saturated rings. The standard InChI is InChI=1S/C19H14ClN5OS/c20-14-8-6-13(7-9-14)10-16-11-21-19(27-16)23-18(26)17-12-22-25(24-17)15-4-2-1-3-5-15/h1-9,11-12H,10H2,(H,21,23,26). The molecule has 4 aromatic rings. The van der Waals surface area contributed by atoms with Gasteiger partial charge in [-0.05, 0) is 29.8 Å². The van der Waals surface area contributed by atoms with Crippen LogP contribution in [0, 0.1) is 0 Å². The number of benzene rings is 2. The van der Waals surface area contributed by atoms with E-state index in [1.54, 1.807) is 6.20 Å². The Morgan fingerprint density at radius 1 is 1.07 bits per heavy atom. The number of nitrogens with zero attached hydrogens (tertiary/aromatic N) is 4. The molecule has 6 nitrogen and oxygen atoms in total. The minimum Gasteiger partial charge on any atom is -0.296 e. The molecule has 0 aliphatic heterocycles. The van der Waals surface area contributed by atoms with Gasteiger partial charge < -0.3 is 0 Å². The lowest BCUT2D eigenvalue weighted by Gasteiger charge is -1.99. The number of rotatable bonds is 5. The van der Waals surface area contributed by atoms with Gasteiger partial charge in [-0.15, -0.1) is 16.4 Å². The molecular formula is C19H14ClN5OS. The van der Waals surface area contributed by atoms with E-state index >= 15 is 0 Å². The van der Waals surface area contributed by atoms with E-state index in [2.05, 4.69) is 20.5 Å². The first kappa shape index (κ1) is 17.4. The highest BCUT2D eigenvalue weighted by atomic mass is 35.5. The molecule has 0 aliphatic rings. The highest BCUT2D eigenvalue weighted by Gasteiger charge is 2.14. The van der Waals surface area contributed by atoms with Crippen molar-refractivity contribution in [3.05, 3.63) is 88.1 Å². The van der Waals surface area contributed by atoms with Gasteiger partial charge in [0.1, 0.15) is 0 Å². The molecule has 0 saturated heterocycles. The summed E-state index contributed by atoms with van der Waals surface area (Å²) in [6.07, 6.45) is 3.93. The molecule has 0 saturated carbocycles. The first-order chi connectivity index (χ1) is 13.2.